The monoisotopic (exact) mass is 415 g/mol. The zero-order valence-corrected chi connectivity index (χ0v) is 19.2. The molecular formula is C24H33NO3S. The van der Waals surface area contributed by atoms with Crippen molar-refractivity contribution in [3.63, 3.8) is 0 Å². The lowest BCUT2D eigenvalue weighted by molar-refractivity contribution is 0.109. The largest absolute Gasteiger partial charge is 0.504 e. The molecule has 1 aliphatic heterocycles. The number of benzene rings is 2. The second-order valence-corrected chi connectivity index (χ2v) is 10.9. The summed E-state index contributed by atoms with van der Waals surface area (Å²) >= 11 is 0. The summed E-state index contributed by atoms with van der Waals surface area (Å²) < 4.78 is 18.0. The molecule has 1 aliphatic rings. The summed E-state index contributed by atoms with van der Waals surface area (Å²) in [5, 5.41) is 10.1. The van der Waals surface area contributed by atoms with Gasteiger partial charge in [0, 0.05) is 29.8 Å². The highest BCUT2D eigenvalue weighted by Gasteiger charge is 2.33. The van der Waals surface area contributed by atoms with E-state index < -0.39 is 10.8 Å². The third-order valence-corrected chi connectivity index (χ3v) is 6.57. The van der Waals surface area contributed by atoms with E-state index in [1.165, 1.54) is 11.1 Å². The normalized spacial score (nSPS) is 15.9. The number of nitrogens with zero attached hydrogens (tertiary/aromatic N) is 1. The van der Waals surface area contributed by atoms with E-state index in [0.29, 0.717) is 5.75 Å². The molecule has 5 heteroatoms. The van der Waals surface area contributed by atoms with Crippen LogP contribution in [0.15, 0.2) is 41.3 Å². The zero-order chi connectivity index (χ0) is 21.4. The Bertz CT molecular complexity index is 915. The third-order valence-electron chi connectivity index (χ3n) is 5.57. The number of phenolic OH excluding ortho intramolecular Hbond substituents is 1. The molecule has 2 aromatic carbocycles. The smallest absolute Gasteiger partial charge is 0.161 e. The summed E-state index contributed by atoms with van der Waals surface area (Å²) in [5.41, 5.74) is 3.31. The van der Waals surface area contributed by atoms with E-state index >= 15 is 0 Å². The van der Waals surface area contributed by atoms with Crippen LogP contribution in [0.25, 0.3) is 0 Å². The molecule has 4 nitrogen and oxygen atoms in total. The third kappa shape index (κ3) is 5.20. The Balaban J connectivity index is 1.70. The van der Waals surface area contributed by atoms with Gasteiger partial charge in [-0.25, -0.2) is 0 Å². The van der Waals surface area contributed by atoms with Gasteiger partial charge >= 0.3 is 0 Å². The van der Waals surface area contributed by atoms with E-state index in [1.54, 1.807) is 12.3 Å². The minimum absolute atomic E-state index is 0.00550. The van der Waals surface area contributed by atoms with Crippen LogP contribution in [0.3, 0.4) is 0 Å². The highest BCUT2D eigenvalue weighted by Crippen LogP contribution is 2.35. The van der Waals surface area contributed by atoms with Crippen molar-refractivity contribution >= 4 is 10.8 Å². The average Bonchev–Trinajstić information content (AvgIpc) is 3.06. The molecule has 0 aliphatic carbocycles. The molecule has 0 aromatic heterocycles. The fourth-order valence-electron chi connectivity index (χ4n) is 3.82. The molecule has 0 spiro atoms. The predicted molar refractivity (Wildman–Crippen MR) is 119 cm³/mol. The number of hydrogen-bond donors (Lipinski definition) is 1. The van der Waals surface area contributed by atoms with Gasteiger partial charge in [-0.05, 0) is 82.3 Å². The highest BCUT2D eigenvalue weighted by molar-refractivity contribution is 7.84. The maximum Gasteiger partial charge on any atom is 0.161 e. The van der Waals surface area contributed by atoms with Crippen LogP contribution in [0, 0.1) is 0 Å². The molecule has 0 saturated heterocycles. The van der Waals surface area contributed by atoms with Crippen molar-refractivity contribution in [3.05, 3.63) is 53.1 Å². The maximum atomic E-state index is 12.1. The maximum absolute atomic E-state index is 12.1. The molecular weight excluding hydrogens is 382 g/mol. The second kappa shape index (κ2) is 8.11. The Morgan fingerprint density at radius 2 is 1.83 bits per heavy atom. The van der Waals surface area contributed by atoms with Gasteiger partial charge in [0.25, 0.3) is 0 Å². The first-order valence-corrected chi connectivity index (χ1v) is 11.7. The second-order valence-electron chi connectivity index (χ2n) is 9.53. The van der Waals surface area contributed by atoms with E-state index in [9.17, 15) is 9.32 Å². The topological polar surface area (TPSA) is 49.8 Å². The van der Waals surface area contributed by atoms with Gasteiger partial charge in [0.15, 0.2) is 11.5 Å². The molecule has 29 heavy (non-hydrogen) atoms. The van der Waals surface area contributed by atoms with Gasteiger partial charge in [-0.1, -0.05) is 18.2 Å². The SMILES string of the molecule is CS(=O)c1cccc2c1CN(C(C)(C)CCc1ccc(O)c(OC(C)(C)C)c1)C2. The number of phenols is 1. The van der Waals surface area contributed by atoms with Crippen molar-refractivity contribution < 1.29 is 14.1 Å². The predicted octanol–water partition coefficient (Wildman–Crippen LogP) is 5.03. The summed E-state index contributed by atoms with van der Waals surface area (Å²) in [7, 11) is -0.964. The first kappa shape index (κ1) is 21.8. The molecule has 1 heterocycles. The Hall–Kier alpha value is -1.85. The van der Waals surface area contributed by atoms with Crippen LogP contribution < -0.4 is 4.74 Å². The van der Waals surface area contributed by atoms with Gasteiger partial charge in [0.2, 0.25) is 0 Å². The summed E-state index contributed by atoms with van der Waals surface area (Å²) in [6.45, 7) is 12.2. The molecule has 1 atom stereocenters. The van der Waals surface area contributed by atoms with Crippen LogP contribution in [-0.2, 0) is 30.3 Å². The van der Waals surface area contributed by atoms with E-state index in [2.05, 4.69) is 24.8 Å². The molecule has 0 radical (unpaired) electrons. The van der Waals surface area contributed by atoms with Crippen molar-refractivity contribution in [3.8, 4) is 11.5 Å². The number of ether oxygens (including phenoxy) is 1. The highest BCUT2D eigenvalue weighted by atomic mass is 32.2. The Kier molecular flexibility index (Phi) is 6.11. The van der Waals surface area contributed by atoms with E-state index in [-0.39, 0.29) is 16.9 Å². The van der Waals surface area contributed by atoms with Crippen molar-refractivity contribution in [2.75, 3.05) is 6.26 Å². The molecule has 1 unspecified atom stereocenters. The van der Waals surface area contributed by atoms with E-state index in [0.717, 1.165) is 36.4 Å². The fourth-order valence-corrected chi connectivity index (χ4v) is 4.64. The summed E-state index contributed by atoms with van der Waals surface area (Å²) in [6, 6.07) is 11.8. The number of rotatable bonds is 6. The van der Waals surface area contributed by atoms with Gasteiger partial charge in [-0.15, -0.1) is 0 Å². The first-order valence-electron chi connectivity index (χ1n) is 10.2. The van der Waals surface area contributed by atoms with Crippen LogP contribution in [0.2, 0.25) is 0 Å². The lowest BCUT2D eigenvalue weighted by atomic mass is 9.93. The molecule has 0 bridgehead atoms. The fraction of sp³-hybridized carbons (Fsp3) is 0.500. The Morgan fingerprint density at radius 1 is 1.10 bits per heavy atom. The Morgan fingerprint density at radius 3 is 2.48 bits per heavy atom. The molecule has 0 saturated carbocycles. The molecule has 2 aromatic rings. The van der Waals surface area contributed by atoms with Crippen LogP contribution in [-0.4, -0.2) is 31.6 Å². The van der Waals surface area contributed by atoms with Crippen LogP contribution in [0.4, 0.5) is 0 Å². The van der Waals surface area contributed by atoms with Gasteiger partial charge in [-0.3, -0.25) is 9.11 Å². The molecule has 3 rings (SSSR count). The van der Waals surface area contributed by atoms with E-state index in [1.807, 2.05) is 45.0 Å². The van der Waals surface area contributed by atoms with Crippen LogP contribution >= 0.6 is 0 Å². The quantitative estimate of drug-likeness (QED) is 0.719. The summed E-state index contributed by atoms with van der Waals surface area (Å²) in [5.74, 6) is 0.717. The average molecular weight is 416 g/mol. The molecule has 0 fully saturated rings. The van der Waals surface area contributed by atoms with Crippen LogP contribution in [0.5, 0.6) is 11.5 Å². The van der Waals surface area contributed by atoms with Crippen molar-refractivity contribution in [2.24, 2.45) is 0 Å². The molecule has 1 N–H and O–H groups in total. The number of aryl methyl sites for hydroxylation is 1. The van der Waals surface area contributed by atoms with Gasteiger partial charge in [0.05, 0.1) is 10.8 Å². The van der Waals surface area contributed by atoms with Gasteiger partial charge in [0.1, 0.15) is 5.60 Å². The number of aromatic hydroxyl groups is 1. The lowest BCUT2D eigenvalue weighted by Gasteiger charge is -2.35. The zero-order valence-electron chi connectivity index (χ0n) is 18.4. The summed E-state index contributed by atoms with van der Waals surface area (Å²) in [6.07, 6.45) is 3.63. The standard InChI is InChI=1S/C24H33NO3S/c1-23(2,3)28-21-14-17(10-11-20(21)26)12-13-24(4,5)25-15-18-8-7-9-22(29(6)27)19(18)16-25/h7-11,14,26H,12-13,15-16H2,1-6H3. The van der Waals surface area contributed by atoms with Crippen molar-refractivity contribution in [1.82, 2.24) is 4.90 Å². The Labute approximate surface area is 177 Å². The lowest BCUT2D eigenvalue weighted by Crippen LogP contribution is -2.40. The molecule has 158 valence electrons. The minimum atomic E-state index is -0.964. The number of hydrogen-bond acceptors (Lipinski definition) is 4. The first-order chi connectivity index (χ1) is 13.5. The van der Waals surface area contributed by atoms with E-state index in [4.69, 9.17) is 4.74 Å². The minimum Gasteiger partial charge on any atom is -0.504 e. The number of fused-ring (bicyclic) bond motifs is 1. The van der Waals surface area contributed by atoms with Gasteiger partial charge < -0.3 is 9.84 Å². The summed E-state index contributed by atoms with van der Waals surface area (Å²) in [4.78, 5) is 3.43. The molecule has 0 amide bonds. The van der Waals surface area contributed by atoms with Crippen LogP contribution in [0.1, 0.15) is 57.7 Å². The van der Waals surface area contributed by atoms with Crippen molar-refractivity contribution in [2.45, 2.75) is 76.6 Å². The van der Waals surface area contributed by atoms with Crippen molar-refractivity contribution in [1.29, 1.82) is 0 Å². The van der Waals surface area contributed by atoms with Gasteiger partial charge in [-0.2, -0.15) is 0 Å².